The molecule has 0 saturated carbocycles. The second-order valence-electron chi connectivity index (χ2n) is 6.10. The summed E-state index contributed by atoms with van der Waals surface area (Å²) in [5, 5.41) is 0. The van der Waals surface area contributed by atoms with Gasteiger partial charge in [-0.3, -0.25) is 0 Å². The molecule has 0 N–H and O–H groups in total. The monoisotopic (exact) mass is 298 g/mol. The number of carbonyl (C=O) groups excluding carboxylic acids is 1. The van der Waals surface area contributed by atoms with Crippen molar-refractivity contribution in [2.24, 2.45) is 0 Å². The Balaban J connectivity index is 1.98. The van der Waals surface area contributed by atoms with Crippen LogP contribution in [-0.2, 0) is 11.2 Å². The fourth-order valence-corrected chi connectivity index (χ4v) is 3.17. The standard InChI is InChI=1S/C18H22N2O2/c1-13(2)22-18(21)17-11-19-12-20(17)16-10-6-4-8-14-7-3-5-9-15(14)16/h3,5,7,9,11-13,16H,4,6,8,10H2,1-2H3/t16-/m1/s1. The van der Waals surface area contributed by atoms with Crippen molar-refractivity contribution in [1.29, 1.82) is 0 Å². The van der Waals surface area contributed by atoms with Crippen molar-refractivity contribution >= 4 is 5.97 Å². The van der Waals surface area contributed by atoms with E-state index in [1.807, 2.05) is 18.4 Å². The summed E-state index contributed by atoms with van der Waals surface area (Å²) in [6.45, 7) is 3.72. The van der Waals surface area contributed by atoms with E-state index >= 15 is 0 Å². The van der Waals surface area contributed by atoms with Gasteiger partial charge >= 0.3 is 5.97 Å². The number of nitrogens with zero attached hydrogens (tertiary/aromatic N) is 2. The first kappa shape index (κ1) is 14.8. The van der Waals surface area contributed by atoms with Crippen LogP contribution in [0.4, 0.5) is 0 Å². The molecule has 0 saturated heterocycles. The minimum atomic E-state index is -0.297. The molecule has 0 aliphatic heterocycles. The first-order valence-electron chi connectivity index (χ1n) is 7.97. The second-order valence-corrected chi connectivity index (χ2v) is 6.10. The zero-order valence-electron chi connectivity index (χ0n) is 13.2. The van der Waals surface area contributed by atoms with Gasteiger partial charge in [0, 0.05) is 0 Å². The predicted molar refractivity (Wildman–Crippen MR) is 84.9 cm³/mol. The number of hydrogen-bond acceptors (Lipinski definition) is 3. The summed E-state index contributed by atoms with van der Waals surface area (Å²) in [5.41, 5.74) is 3.22. The zero-order chi connectivity index (χ0) is 15.5. The fourth-order valence-electron chi connectivity index (χ4n) is 3.17. The van der Waals surface area contributed by atoms with Crippen molar-refractivity contribution < 1.29 is 9.53 Å². The highest BCUT2D eigenvalue weighted by atomic mass is 16.5. The number of hydrogen-bond donors (Lipinski definition) is 0. The van der Waals surface area contributed by atoms with E-state index in [0.717, 1.165) is 19.3 Å². The van der Waals surface area contributed by atoms with E-state index in [-0.39, 0.29) is 18.1 Å². The number of benzene rings is 1. The lowest BCUT2D eigenvalue weighted by molar-refractivity contribution is 0.0363. The predicted octanol–water partition coefficient (Wildman–Crippen LogP) is 3.76. The first-order valence-corrected chi connectivity index (χ1v) is 7.97. The first-order chi connectivity index (χ1) is 10.7. The lowest BCUT2D eigenvalue weighted by Gasteiger charge is -2.21. The molecule has 1 heterocycles. The summed E-state index contributed by atoms with van der Waals surface area (Å²) < 4.78 is 7.33. The summed E-state index contributed by atoms with van der Waals surface area (Å²) in [6.07, 6.45) is 7.70. The average Bonchev–Trinajstić information content (AvgIpc) is 2.87. The third-order valence-electron chi connectivity index (χ3n) is 4.14. The molecule has 1 aliphatic rings. The molecule has 1 atom stereocenters. The smallest absolute Gasteiger partial charge is 0.356 e. The van der Waals surface area contributed by atoms with E-state index in [4.69, 9.17) is 4.74 Å². The Morgan fingerprint density at radius 1 is 1.32 bits per heavy atom. The van der Waals surface area contributed by atoms with Gasteiger partial charge in [-0.05, 0) is 44.2 Å². The number of fused-ring (bicyclic) bond motifs is 1. The van der Waals surface area contributed by atoms with E-state index in [1.54, 1.807) is 12.5 Å². The molecular weight excluding hydrogens is 276 g/mol. The van der Waals surface area contributed by atoms with Crippen LogP contribution in [0.15, 0.2) is 36.8 Å². The number of aryl methyl sites for hydroxylation is 1. The zero-order valence-corrected chi connectivity index (χ0v) is 13.2. The highest BCUT2D eigenvalue weighted by Gasteiger charge is 2.24. The summed E-state index contributed by atoms with van der Waals surface area (Å²) in [7, 11) is 0. The molecule has 0 spiro atoms. The number of esters is 1. The Labute approximate surface area is 131 Å². The highest BCUT2D eigenvalue weighted by Crippen LogP contribution is 2.32. The highest BCUT2D eigenvalue weighted by molar-refractivity contribution is 5.87. The Morgan fingerprint density at radius 2 is 2.14 bits per heavy atom. The van der Waals surface area contributed by atoms with Gasteiger partial charge in [0.05, 0.1) is 24.7 Å². The van der Waals surface area contributed by atoms with E-state index in [0.29, 0.717) is 5.69 Å². The Bertz CT molecular complexity index is 661. The summed E-state index contributed by atoms with van der Waals surface area (Å²) in [4.78, 5) is 16.5. The number of carbonyl (C=O) groups is 1. The normalized spacial score (nSPS) is 17.9. The third-order valence-corrected chi connectivity index (χ3v) is 4.14. The largest absolute Gasteiger partial charge is 0.458 e. The fraction of sp³-hybridized carbons (Fsp3) is 0.444. The maximum absolute atomic E-state index is 12.3. The van der Waals surface area contributed by atoms with Crippen molar-refractivity contribution in [2.45, 2.75) is 51.7 Å². The molecule has 0 fully saturated rings. The van der Waals surface area contributed by atoms with E-state index < -0.39 is 0 Å². The molecule has 22 heavy (non-hydrogen) atoms. The number of imidazole rings is 1. The van der Waals surface area contributed by atoms with Gasteiger partial charge in [-0.2, -0.15) is 0 Å². The molecule has 0 amide bonds. The van der Waals surface area contributed by atoms with Gasteiger partial charge in [-0.25, -0.2) is 9.78 Å². The van der Waals surface area contributed by atoms with E-state index in [2.05, 4.69) is 29.2 Å². The van der Waals surface area contributed by atoms with Crippen molar-refractivity contribution in [1.82, 2.24) is 9.55 Å². The number of ether oxygens (including phenoxy) is 1. The van der Waals surface area contributed by atoms with Crippen LogP contribution < -0.4 is 0 Å². The van der Waals surface area contributed by atoms with Crippen molar-refractivity contribution in [3.63, 3.8) is 0 Å². The van der Waals surface area contributed by atoms with Crippen LogP contribution in [0, 0.1) is 0 Å². The maximum Gasteiger partial charge on any atom is 0.356 e. The van der Waals surface area contributed by atoms with E-state index in [1.165, 1.54) is 17.5 Å². The van der Waals surface area contributed by atoms with Gasteiger partial charge in [0.2, 0.25) is 0 Å². The van der Waals surface area contributed by atoms with Crippen molar-refractivity contribution in [3.05, 3.63) is 53.6 Å². The van der Waals surface area contributed by atoms with Crippen molar-refractivity contribution in [3.8, 4) is 0 Å². The summed E-state index contributed by atoms with van der Waals surface area (Å²) >= 11 is 0. The van der Waals surface area contributed by atoms with Crippen LogP contribution in [0.1, 0.15) is 60.8 Å². The lowest BCUT2D eigenvalue weighted by Crippen LogP contribution is -2.19. The van der Waals surface area contributed by atoms with Crippen LogP contribution in [0.3, 0.4) is 0 Å². The van der Waals surface area contributed by atoms with Gasteiger partial charge in [-0.15, -0.1) is 0 Å². The molecule has 0 radical (unpaired) electrons. The molecule has 0 bridgehead atoms. The second kappa shape index (κ2) is 6.34. The molecule has 0 unspecified atom stereocenters. The molecular formula is C18H22N2O2. The quantitative estimate of drug-likeness (QED) is 0.640. The molecule has 1 aromatic carbocycles. The Morgan fingerprint density at radius 3 is 2.95 bits per heavy atom. The molecule has 4 heteroatoms. The maximum atomic E-state index is 12.3. The SMILES string of the molecule is CC(C)OC(=O)c1cncn1[C@@H]1CCCCc2ccccc21. The van der Waals surface area contributed by atoms with Crippen LogP contribution in [0.25, 0.3) is 0 Å². The number of rotatable bonds is 3. The van der Waals surface area contributed by atoms with Gasteiger partial charge in [-0.1, -0.05) is 30.7 Å². The molecule has 2 aromatic rings. The molecule has 116 valence electrons. The molecule has 1 aromatic heterocycles. The minimum Gasteiger partial charge on any atom is -0.458 e. The van der Waals surface area contributed by atoms with Gasteiger partial charge in [0.25, 0.3) is 0 Å². The topological polar surface area (TPSA) is 44.1 Å². The summed E-state index contributed by atoms with van der Waals surface area (Å²) in [5.74, 6) is -0.297. The van der Waals surface area contributed by atoms with Crippen LogP contribution in [0.5, 0.6) is 0 Å². The molecule has 4 nitrogen and oxygen atoms in total. The van der Waals surface area contributed by atoms with Gasteiger partial charge < -0.3 is 9.30 Å². The van der Waals surface area contributed by atoms with Crippen molar-refractivity contribution in [2.75, 3.05) is 0 Å². The molecule has 1 aliphatic carbocycles. The number of aromatic nitrogens is 2. The average molecular weight is 298 g/mol. The van der Waals surface area contributed by atoms with Gasteiger partial charge in [0.15, 0.2) is 0 Å². The molecule has 3 rings (SSSR count). The van der Waals surface area contributed by atoms with E-state index in [9.17, 15) is 4.79 Å². The van der Waals surface area contributed by atoms with Crippen LogP contribution in [-0.4, -0.2) is 21.6 Å². The van der Waals surface area contributed by atoms with Gasteiger partial charge in [0.1, 0.15) is 5.69 Å². The van der Waals surface area contributed by atoms with Crippen LogP contribution in [0.2, 0.25) is 0 Å². The van der Waals surface area contributed by atoms with Crippen LogP contribution >= 0.6 is 0 Å². The third kappa shape index (κ3) is 2.91. The lowest BCUT2D eigenvalue weighted by atomic mass is 9.99. The minimum absolute atomic E-state index is 0.128. The Hall–Kier alpha value is -2.10. The summed E-state index contributed by atoms with van der Waals surface area (Å²) in [6, 6.07) is 8.68. The Kier molecular flexibility index (Phi) is 4.27.